The van der Waals surface area contributed by atoms with E-state index in [1.165, 1.54) is 0 Å². The van der Waals surface area contributed by atoms with Crippen molar-refractivity contribution >= 4 is 0 Å². The van der Waals surface area contributed by atoms with Crippen molar-refractivity contribution in [1.29, 1.82) is 0 Å². The Morgan fingerprint density at radius 3 is 2.85 bits per heavy atom. The van der Waals surface area contributed by atoms with Crippen LogP contribution in [0.3, 0.4) is 0 Å². The van der Waals surface area contributed by atoms with Gasteiger partial charge in [-0.25, -0.2) is 4.98 Å². The van der Waals surface area contributed by atoms with Crippen LogP contribution in [0.1, 0.15) is 17.8 Å². The number of hydrogen-bond donors (Lipinski definition) is 2. The first-order valence-electron chi connectivity index (χ1n) is 4.03. The van der Waals surface area contributed by atoms with E-state index in [0.29, 0.717) is 17.8 Å². The molecular weight excluding hydrogens is 166 g/mol. The van der Waals surface area contributed by atoms with Gasteiger partial charge in [0, 0.05) is 6.42 Å². The highest BCUT2D eigenvalue weighted by Crippen LogP contribution is 1.97. The van der Waals surface area contributed by atoms with Crippen LogP contribution < -0.4 is 0 Å². The average Bonchev–Trinajstić information content (AvgIpc) is 2.19. The van der Waals surface area contributed by atoms with Crippen LogP contribution in [0.5, 0.6) is 0 Å². The Morgan fingerprint density at radius 2 is 2.15 bits per heavy atom. The lowest BCUT2D eigenvalue weighted by Crippen LogP contribution is -1.90. The number of rotatable bonds is 2. The van der Waals surface area contributed by atoms with E-state index in [2.05, 4.69) is 16.8 Å². The van der Waals surface area contributed by atoms with Gasteiger partial charge in [0.1, 0.15) is 5.69 Å². The summed E-state index contributed by atoms with van der Waals surface area (Å²) in [5.41, 5.74) is 1.23. The van der Waals surface area contributed by atoms with Gasteiger partial charge < -0.3 is 10.2 Å². The zero-order chi connectivity index (χ0) is 9.52. The third-order valence-electron chi connectivity index (χ3n) is 1.42. The van der Waals surface area contributed by atoms with Crippen LogP contribution in [-0.4, -0.2) is 21.8 Å². The molecule has 0 spiro atoms. The highest BCUT2D eigenvalue weighted by atomic mass is 16.3. The van der Waals surface area contributed by atoms with Crippen molar-refractivity contribution in [1.82, 2.24) is 4.98 Å². The minimum absolute atomic E-state index is 0.0622. The quantitative estimate of drug-likeness (QED) is 0.639. The summed E-state index contributed by atoms with van der Waals surface area (Å²) in [6.07, 6.45) is 0.449. The van der Waals surface area contributed by atoms with Crippen LogP contribution in [0.15, 0.2) is 18.2 Å². The molecule has 0 unspecified atom stereocenters. The first kappa shape index (κ1) is 9.72. The fraction of sp³-hybridized carbons (Fsp3) is 0.300. The number of nitrogens with zero attached hydrogens (tertiary/aromatic N) is 1. The molecule has 1 rings (SSSR count). The number of aliphatic hydroxyl groups is 2. The second-order valence-electron chi connectivity index (χ2n) is 2.45. The van der Waals surface area contributed by atoms with Gasteiger partial charge in [-0.2, -0.15) is 0 Å². The molecule has 3 heteroatoms. The van der Waals surface area contributed by atoms with Crippen molar-refractivity contribution in [2.24, 2.45) is 0 Å². The summed E-state index contributed by atoms with van der Waals surface area (Å²) < 4.78 is 0. The largest absolute Gasteiger partial charge is 0.395 e. The van der Waals surface area contributed by atoms with Crippen molar-refractivity contribution in [2.75, 3.05) is 6.61 Å². The summed E-state index contributed by atoms with van der Waals surface area (Å²) in [6, 6.07) is 5.29. The molecule has 1 heterocycles. The standard InChI is InChI=1S/C10H11NO2/c12-7-2-1-4-9-5-3-6-10(8-13)11-9/h3,5-6,12-13H,2,7-8H2. The van der Waals surface area contributed by atoms with Crippen LogP contribution >= 0.6 is 0 Å². The van der Waals surface area contributed by atoms with Gasteiger partial charge in [0.2, 0.25) is 0 Å². The third-order valence-corrected chi connectivity index (χ3v) is 1.42. The number of hydrogen-bond acceptors (Lipinski definition) is 3. The second-order valence-corrected chi connectivity index (χ2v) is 2.45. The molecule has 0 aromatic carbocycles. The normalized spacial score (nSPS) is 9.08. The van der Waals surface area contributed by atoms with E-state index >= 15 is 0 Å². The maximum Gasteiger partial charge on any atom is 0.113 e. The molecule has 0 bridgehead atoms. The first-order valence-corrected chi connectivity index (χ1v) is 4.03. The van der Waals surface area contributed by atoms with Crippen molar-refractivity contribution < 1.29 is 10.2 Å². The van der Waals surface area contributed by atoms with E-state index in [0.717, 1.165) is 0 Å². The van der Waals surface area contributed by atoms with E-state index in [1.54, 1.807) is 18.2 Å². The zero-order valence-electron chi connectivity index (χ0n) is 7.20. The van der Waals surface area contributed by atoms with Gasteiger partial charge in [-0.1, -0.05) is 12.0 Å². The van der Waals surface area contributed by atoms with Crippen LogP contribution in [0.4, 0.5) is 0 Å². The summed E-state index contributed by atoms with van der Waals surface area (Å²) in [5.74, 6) is 5.55. The third kappa shape index (κ3) is 3.24. The Hall–Kier alpha value is -1.37. The molecule has 3 nitrogen and oxygen atoms in total. The van der Waals surface area contributed by atoms with Gasteiger partial charge in [0.25, 0.3) is 0 Å². The van der Waals surface area contributed by atoms with Crippen LogP contribution in [0.2, 0.25) is 0 Å². The van der Waals surface area contributed by atoms with Crippen LogP contribution in [0.25, 0.3) is 0 Å². The fourth-order valence-electron chi connectivity index (χ4n) is 0.846. The molecule has 0 fully saturated rings. The van der Waals surface area contributed by atoms with E-state index in [1.807, 2.05) is 0 Å². The number of pyridine rings is 1. The predicted octanol–water partition coefficient (Wildman–Crippen LogP) is 0.308. The van der Waals surface area contributed by atoms with E-state index in [4.69, 9.17) is 10.2 Å². The molecule has 0 aliphatic heterocycles. The predicted molar refractivity (Wildman–Crippen MR) is 48.7 cm³/mol. The molecule has 0 saturated carbocycles. The SMILES string of the molecule is OCCC#Cc1cccc(CO)n1. The van der Waals surface area contributed by atoms with E-state index in [-0.39, 0.29) is 13.2 Å². The Balaban J connectivity index is 2.73. The average molecular weight is 177 g/mol. The monoisotopic (exact) mass is 177 g/mol. The maximum atomic E-state index is 8.78. The Morgan fingerprint density at radius 1 is 1.31 bits per heavy atom. The lowest BCUT2D eigenvalue weighted by atomic mass is 10.3. The summed E-state index contributed by atoms with van der Waals surface area (Å²) in [7, 11) is 0. The van der Waals surface area contributed by atoms with Crippen molar-refractivity contribution in [3.8, 4) is 11.8 Å². The smallest absolute Gasteiger partial charge is 0.113 e. The molecule has 0 radical (unpaired) electrons. The van der Waals surface area contributed by atoms with Crippen molar-refractivity contribution in [2.45, 2.75) is 13.0 Å². The van der Waals surface area contributed by atoms with Crippen LogP contribution in [0, 0.1) is 11.8 Å². The lowest BCUT2D eigenvalue weighted by Gasteiger charge is -1.94. The molecule has 1 aromatic heterocycles. The summed E-state index contributed by atoms with van der Waals surface area (Å²) in [4.78, 5) is 4.06. The van der Waals surface area contributed by atoms with Crippen molar-refractivity contribution in [3.63, 3.8) is 0 Å². The van der Waals surface area contributed by atoms with Gasteiger partial charge >= 0.3 is 0 Å². The van der Waals surface area contributed by atoms with Gasteiger partial charge in [-0.05, 0) is 18.1 Å². The molecule has 1 aromatic rings. The topological polar surface area (TPSA) is 53.4 Å². The minimum atomic E-state index is -0.0739. The molecular formula is C10H11NO2. The molecule has 0 aliphatic rings. The number of aromatic nitrogens is 1. The van der Waals surface area contributed by atoms with E-state index < -0.39 is 0 Å². The van der Waals surface area contributed by atoms with Gasteiger partial charge in [0.05, 0.1) is 18.9 Å². The highest BCUT2D eigenvalue weighted by Gasteiger charge is 1.91. The molecule has 68 valence electrons. The molecule has 0 aliphatic carbocycles. The Kier molecular flexibility index (Phi) is 3.97. The minimum Gasteiger partial charge on any atom is -0.395 e. The molecule has 2 N–H and O–H groups in total. The molecule has 0 amide bonds. The summed E-state index contributed by atoms with van der Waals surface area (Å²) >= 11 is 0. The van der Waals surface area contributed by atoms with Gasteiger partial charge in [-0.15, -0.1) is 0 Å². The summed E-state index contributed by atoms with van der Waals surface area (Å²) in [5, 5.41) is 17.3. The zero-order valence-corrected chi connectivity index (χ0v) is 7.20. The maximum absolute atomic E-state index is 8.78. The van der Waals surface area contributed by atoms with Gasteiger partial charge in [0.15, 0.2) is 0 Å². The fourth-order valence-corrected chi connectivity index (χ4v) is 0.846. The lowest BCUT2D eigenvalue weighted by molar-refractivity contribution is 0.277. The Bertz CT molecular complexity index is 325. The second kappa shape index (κ2) is 5.31. The molecule has 0 atom stereocenters. The summed E-state index contributed by atoms with van der Waals surface area (Å²) in [6.45, 7) is -0.0117. The van der Waals surface area contributed by atoms with Gasteiger partial charge in [-0.3, -0.25) is 0 Å². The van der Waals surface area contributed by atoms with Crippen molar-refractivity contribution in [3.05, 3.63) is 29.6 Å². The first-order chi connectivity index (χ1) is 6.36. The Labute approximate surface area is 77.1 Å². The van der Waals surface area contributed by atoms with Crippen LogP contribution in [-0.2, 0) is 6.61 Å². The molecule has 13 heavy (non-hydrogen) atoms. The van der Waals surface area contributed by atoms with E-state index in [9.17, 15) is 0 Å². The number of aliphatic hydroxyl groups excluding tert-OH is 2. The highest BCUT2D eigenvalue weighted by molar-refractivity contribution is 5.28. The molecule has 0 saturated heterocycles.